The Morgan fingerprint density at radius 2 is 2.06 bits per heavy atom. The number of hydrogen-bond donors (Lipinski definition) is 2. The van der Waals surface area contributed by atoms with Crippen LogP contribution in [0.2, 0.25) is 0 Å². The molecule has 0 radical (unpaired) electrons. The van der Waals surface area contributed by atoms with Gasteiger partial charge >= 0.3 is 0 Å². The standard InChI is InChI=1S/C15H24N2O/c1-3-4-5-6-10-16-12-15(18)17-14-9-7-8-13(2)11-14/h7-9,11,16H,3-6,10,12H2,1-2H3,(H,17,18). The van der Waals surface area contributed by atoms with Crippen molar-refractivity contribution in [1.82, 2.24) is 5.32 Å². The lowest BCUT2D eigenvalue weighted by Gasteiger charge is -2.07. The molecule has 1 aromatic carbocycles. The first-order chi connectivity index (χ1) is 8.72. The Labute approximate surface area is 110 Å². The van der Waals surface area contributed by atoms with Crippen LogP contribution in [0.5, 0.6) is 0 Å². The molecule has 0 atom stereocenters. The quantitative estimate of drug-likeness (QED) is 0.694. The van der Waals surface area contributed by atoms with Crippen molar-refractivity contribution in [2.45, 2.75) is 39.5 Å². The van der Waals surface area contributed by atoms with E-state index in [0.717, 1.165) is 24.2 Å². The van der Waals surface area contributed by atoms with Gasteiger partial charge in [-0.25, -0.2) is 0 Å². The molecule has 1 amide bonds. The maximum atomic E-state index is 11.6. The first-order valence-electron chi connectivity index (χ1n) is 6.79. The van der Waals surface area contributed by atoms with Crippen LogP contribution in [-0.2, 0) is 4.79 Å². The highest BCUT2D eigenvalue weighted by molar-refractivity contribution is 5.92. The van der Waals surface area contributed by atoms with Gasteiger partial charge in [-0.3, -0.25) is 4.79 Å². The van der Waals surface area contributed by atoms with Gasteiger partial charge in [0.2, 0.25) is 5.91 Å². The smallest absolute Gasteiger partial charge is 0.238 e. The second kappa shape index (κ2) is 8.70. The van der Waals surface area contributed by atoms with Gasteiger partial charge in [0.1, 0.15) is 0 Å². The fourth-order valence-electron chi connectivity index (χ4n) is 1.81. The highest BCUT2D eigenvalue weighted by atomic mass is 16.1. The third-order valence-corrected chi connectivity index (χ3v) is 2.79. The van der Waals surface area contributed by atoms with Crippen LogP contribution in [0.3, 0.4) is 0 Å². The minimum atomic E-state index is 0.0242. The van der Waals surface area contributed by atoms with E-state index in [9.17, 15) is 4.79 Å². The number of carbonyl (C=O) groups excluding carboxylic acids is 1. The lowest BCUT2D eigenvalue weighted by atomic mass is 10.2. The summed E-state index contributed by atoms with van der Waals surface area (Å²) in [6.07, 6.45) is 4.90. The fourth-order valence-corrected chi connectivity index (χ4v) is 1.81. The number of hydrogen-bond acceptors (Lipinski definition) is 2. The average molecular weight is 248 g/mol. The Bertz CT molecular complexity index is 363. The molecule has 0 aromatic heterocycles. The minimum absolute atomic E-state index is 0.0242. The van der Waals surface area contributed by atoms with E-state index in [0.29, 0.717) is 6.54 Å². The van der Waals surface area contributed by atoms with Crippen molar-refractivity contribution in [3.63, 3.8) is 0 Å². The van der Waals surface area contributed by atoms with Crippen LogP contribution in [0.25, 0.3) is 0 Å². The summed E-state index contributed by atoms with van der Waals surface area (Å²) in [5.41, 5.74) is 2.02. The molecule has 1 rings (SSSR count). The summed E-state index contributed by atoms with van der Waals surface area (Å²) in [5.74, 6) is 0.0242. The fraction of sp³-hybridized carbons (Fsp3) is 0.533. The highest BCUT2D eigenvalue weighted by Crippen LogP contribution is 2.08. The van der Waals surface area contributed by atoms with E-state index in [1.54, 1.807) is 0 Å². The molecule has 2 N–H and O–H groups in total. The van der Waals surface area contributed by atoms with Crippen LogP contribution in [0, 0.1) is 6.92 Å². The molecular weight excluding hydrogens is 224 g/mol. The molecule has 0 unspecified atom stereocenters. The number of carbonyl (C=O) groups is 1. The van der Waals surface area contributed by atoms with Gasteiger partial charge in [-0.15, -0.1) is 0 Å². The molecule has 0 aliphatic rings. The summed E-state index contributed by atoms with van der Waals surface area (Å²) >= 11 is 0. The van der Waals surface area contributed by atoms with E-state index in [2.05, 4.69) is 17.6 Å². The Morgan fingerprint density at radius 1 is 1.22 bits per heavy atom. The monoisotopic (exact) mass is 248 g/mol. The first kappa shape index (κ1) is 14.7. The maximum absolute atomic E-state index is 11.6. The third-order valence-electron chi connectivity index (χ3n) is 2.79. The van der Waals surface area contributed by atoms with Gasteiger partial charge in [0.25, 0.3) is 0 Å². The number of amides is 1. The van der Waals surface area contributed by atoms with Crippen molar-refractivity contribution in [1.29, 1.82) is 0 Å². The Morgan fingerprint density at radius 3 is 2.78 bits per heavy atom. The molecule has 0 heterocycles. The molecule has 0 spiro atoms. The number of anilines is 1. The number of benzene rings is 1. The van der Waals surface area contributed by atoms with E-state index < -0.39 is 0 Å². The van der Waals surface area contributed by atoms with Crippen molar-refractivity contribution in [2.24, 2.45) is 0 Å². The van der Waals surface area contributed by atoms with E-state index in [-0.39, 0.29) is 5.91 Å². The number of rotatable bonds is 8. The molecule has 0 fully saturated rings. The predicted molar refractivity (Wildman–Crippen MR) is 76.8 cm³/mol. The number of nitrogens with one attached hydrogen (secondary N) is 2. The summed E-state index contributed by atoms with van der Waals surface area (Å²) in [6.45, 7) is 5.52. The number of aryl methyl sites for hydroxylation is 1. The lowest BCUT2D eigenvalue weighted by Crippen LogP contribution is -2.28. The zero-order valence-corrected chi connectivity index (χ0v) is 11.5. The van der Waals surface area contributed by atoms with Crippen LogP contribution in [0.1, 0.15) is 38.2 Å². The van der Waals surface area contributed by atoms with Gasteiger partial charge < -0.3 is 10.6 Å². The normalized spacial score (nSPS) is 10.3. The van der Waals surface area contributed by atoms with Crippen molar-refractivity contribution in [3.05, 3.63) is 29.8 Å². The molecule has 0 saturated carbocycles. The summed E-state index contributed by atoms with van der Waals surface area (Å²) in [5, 5.41) is 6.05. The van der Waals surface area contributed by atoms with Gasteiger partial charge in [0, 0.05) is 5.69 Å². The first-order valence-corrected chi connectivity index (χ1v) is 6.79. The average Bonchev–Trinajstić information content (AvgIpc) is 2.33. The molecule has 0 saturated heterocycles. The second-order valence-corrected chi connectivity index (χ2v) is 4.66. The topological polar surface area (TPSA) is 41.1 Å². The van der Waals surface area contributed by atoms with E-state index in [1.165, 1.54) is 19.3 Å². The SMILES string of the molecule is CCCCCCNCC(=O)Nc1cccc(C)c1. The van der Waals surface area contributed by atoms with Crippen molar-refractivity contribution in [3.8, 4) is 0 Å². The van der Waals surface area contributed by atoms with Crippen LogP contribution in [0.15, 0.2) is 24.3 Å². The van der Waals surface area contributed by atoms with E-state index >= 15 is 0 Å². The third kappa shape index (κ3) is 6.40. The van der Waals surface area contributed by atoms with Gasteiger partial charge in [-0.1, -0.05) is 38.3 Å². The molecule has 0 aliphatic carbocycles. The summed E-state index contributed by atoms with van der Waals surface area (Å²) < 4.78 is 0. The van der Waals surface area contributed by atoms with Gasteiger partial charge in [0.05, 0.1) is 6.54 Å². The van der Waals surface area contributed by atoms with Gasteiger partial charge in [-0.05, 0) is 37.6 Å². The van der Waals surface area contributed by atoms with Crippen molar-refractivity contribution < 1.29 is 4.79 Å². The Hall–Kier alpha value is -1.35. The molecule has 3 heteroatoms. The van der Waals surface area contributed by atoms with Crippen LogP contribution in [0.4, 0.5) is 5.69 Å². The largest absolute Gasteiger partial charge is 0.325 e. The predicted octanol–water partition coefficient (Wildman–Crippen LogP) is 3.10. The zero-order valence-electron chi connectivity index (χ0n) is 11.5. The Balaban J connectivity index is 2.14. The van der Waals surface area contributed by atoms with E-state index in [1.807, 2.05) is 31.2 Å². The summed E-state index contributed by atoms with van der Waals surface area (Å²) in [6, 6.07) is 7.84. The van der Waals surface area contributed by atoms with E-state index in [4.69, 9.17) is 0 Å². The molecule has 0 aliphatic heterocycles. The van der Waals surface area contributed by atoms with Gasteiger partial charge in [0.15, 0.2) is 0 Å². The highest BCUT2D eigenvalue weighted by Gasteiger charge is 2.01. The zero-order chi connectivity index (χ0) is 13.2. The maximum Gasteiger partial charge on any atom is 0.238 e. The van der Waals surface area contributed by atoms with Crippen molar-refractivity contribution in [2.75, 3.05) is 18.4 Å². The molecular formula is C15H24N2O. The van der Waals surface area contributed by atoms with Gasteiger partial charge in [-0.2, -0.15) is 0 Å². The summed E-state index contributed by atoms with van der Waals surface area (Å²) in [4.78, 5) is 11.6. The van der Waals surface area contributed by atoms with Crippen molar-refractivity contribution >= 4 is 11.6 Å². The minimum Gasteiger partial charge on any atom is -0.325 e. The number of unbranched alkanes of at least 4 members (excludes halogenated alkanes) is 3. The molecule has 100 valence electrons. The molecule has 0 bridgehead atoms. The molecule has 3 nitrogen and oxygen atoms in total. The molecule has 18 heavy (non-hydrogen) atoms. The Kier molecular flexibility index (Phi) is 7.11. The lowest BCUT2D eigenvalue weighted by molar-refractivity contribution is -0.115. The summed E-state index contributed by atoms with van der Waals surface area (Å²) in [7, 11) is 0. The second-order valence-electron chi connectivity index (χ2n) is 4.66. The van der Waals surface area contributed by atoms with Crippen LogP contribution < -0.4 is 10.6 Å². The van der Waals surface area contributed by atoms with Crippen LogP contribution in [-0.4, -0.2) is 19.0 Å². The van der Waals surface area contributed by atoms with Crippen LogP contribution >= 0.6 is 0 Å². The molecule has 1 aromatic rings.